The highest BCUT2D eigenvalue weighted by Crippen LogP contribution is 2.33. The first-order valence-electron chi connectivity index (χ1n) is 14.3. The zero-order valence-electron chi connectivity index (χ0n) is 24.0. The standard InChI is InChI=1S/C32H38ClN3O5S/c1-3-41-30-16-10-9-15-29(30)36(42(39,40)28-19-17-26(33)18-20-28)23-31(37)35(22-21-25-11-5-4-6-12-25)24(2)32(38)34-27-13-7-8-14-27/h4-6,9-12,15-20,24,27H,3,7-8,13-14,21-23H2,1-2H3,(H,34,38)/t24-/m0/s1. The van der Waals surface area contributed by atoms with E-state index in [2.05, 4.69) is 5.32 Å². The van der Waals surface area contributed by atoms with E-state index in [4.69, 9.17) is 16.3 Å². The first-order valence-corrected chi connectivity index (χ1v) is 16.2. The van der Waals surface area contributed by atoms with Gasteiger partial charge in [-0.15, -0.1) is 0 Å². The number of hydrogen-bond acceptors (Lipinski definition) is 5. The fourth-order valence-corrected chi connectivity index (χ4v) is 6.70. The summed E-state index contributed by atoms with van der Waals surface area (Å²) in [6.07, 6.45) is 4.46. The molecule has 224 valence electrons. The molecular weight excluding hydrogens is 574 g/mol. The lowest BCUT2D eigenvalue weighted by molar-refractivity contribution is -0.139. The highest BCUT2D eigenvalue weighted by Gasteiger charge is 2.34. The van der Waals surface area contributed by atoms with Gasteiger partial charge in [0.25, 0.3) is 10.0 Å². The Morgan fingerprint density at radius 2 is 1.62 bits per heavy atom. The highest BCUT2D eigenvalue weighted by atomic mass is 35.5. The van der Waals surface area contributed by atoms with Crippen molar-refractivity contribution in [1.82, 2.24) is 10.2 Å². The van der Waals surface area contributed by atoms with Crippen molar-refractivity contribution in [2.45, 2.75) is 62.9 Å². The molecule has 0 aliphatic heterocycles. The van der Waals surface area contributed by atoms with Gasteiger partial charge in [-0.05, 0) is 75.1 Å². The number of anilines is 1. The number of para-hydroxylation sites is 2. The molecule has 1 aliphatic carbocycles. The van der Waals surface area contributed by atoms with Crippen LogP contribution in [0.15, 0.2) is 83.8 Å². The molecule has 1 N–H and O–H groups in total. The lowest BCUT2D eigenvalue weighted by atomic mass is 10.1. The summed E-state index contributed by atoms with van der Waals surface area (Å²) in [5, 5.41) is 3.48. The predicted octanol–water partition coefficient (Wildman–Crippen LogP) is 5.45. The topological polar surface area (TPSA) is 96.0 Å². The Labute approximate surface area is 253 Å². The minimum absolute atomic E-state index is 0.0196. The molecule has 1 fully saturated rings. The van der Waals surface area contributed by atoms with E-state index in [0.29, 0.717) is 23.8 Å². The van der Waals surface area contributed by atoms with Crippen LogP contribution in [0, 0.1) is 0 Å². The maximum atomic E-state index is 14.1. The number of nitrogens with zero attached hydrogens (tertiary/aromatic N) is 2. The van der Waals surface area contributed by atoms with E-state index < -0.39 is 28.5 Å². The summed E-state index contributed by atoms with van der Waals surface area (Å²) in [6.45, 7) is 3.52. The third-order valence-electron chi connectivity index (χ3n) is 7.47. The summed E-state index contributed by atoms with van der Waals surface area (Å²) in [6, 6.07) is 21.5. The van der Waals surface area contributed by atoms with Crippen molar-refractivity contribution in [2.75, 3.05) is 24.0 Å². The Morgan fingerprint density at radius 3 is 2.29 bits per heavy atom. The lowest BCUT2D eigenvalue weighted by Gasteiger charge is -2.33. The molecule has 0 unspecified atom stereocenters. The fraction of sp³-hybridized carbons (Fsp3) is 0.375. The van der Waals surface area contributed by atoms with E-state index in [-0.39, 0.29) is 29.1 Å². The summed E-state index contributed by atoms with van der Waals surface area (Å²) in [5.74, 6) is -0.415. The second-order valence-corrected chi connectivity index (χ2v) is 12.7. The van der Waals surface area contributed by atoms with E-state index in [9.17, 15) is 18.0 Å². The molecule has 0 bridgehead atoms. The highest BCUT2D eigenvalue weighted by molar-refractivity contribution is 7.92. The Morgan fingerprint density at radius 1 is 0.976 bits per heavy atom. The second-order valence-electron chi connectivity index (χ2n) is 10.4. The molecule has 0 heterocycles. The van der Waals surface area contributed by atoms with Crippen molar-refractivity contribution in [3.63, 3.8) is 0 Å². The molecule has 2 amide bonds. The lowest BCUT2D eigenvalue weighted by Crippen LogP contribution is -2.53. The van der Waals surface area contributed by atoms with Gasteiger partial charge in [0.15, 0.2) is 0 Å². The van der Waals surface area contributed by atoms with Crippen LogP contribution in [0.2, 0.25) is 5.02 Å². The third-order valence-corrected chi connectivity index (χ3v) is 9.49. The van der Waals surface area contributed by atoms with Gasteiger partial charge < -0.3 is 15.0 Å². The molecule has 1 aliphatic rings. The third kappa shape index (κ3) is 7.83. The van der Waals surface area contributed by atoms with E-state index in [0.717, 1.165) is 35.6 Å². The Kier molecular flexibility index (Phi) is 10.9. The number of rotatable bonds is 13. The number of halogens is 1. The number of hydrogen-bond donors (Lipinski definition) is 1. The van der Waals surface area contributed by atoms with Gasteiger partial charge in [-0.25, -0.2) is 8.42 Å². The molecule has 3 aromatic rings. The molecule has 1 atom stereocenters. The van der Waals surface area contributed by atoms with Crippen molar-refractivity contribution in [3.05, 3.63) is 89.4 Å². The summed E-state index contributed by atoms with van der Waals surface area (Å²) in [5.41, 5.74) is 1.24. The number of carbonyl (C=O) groups is 2. The monoisotopic (exact) mass is 611 g/mol. The maximum Gasteiger partial charge on any atom is 0.264 e. The Hall–Kier alpha value is -3.56. The van der Waals surface area contributed by atoms with Crippen molar-refractivity contribution in [3.8, 4) is 5.75 Å². The summed E-state index contributed by atoms with van der Waals surface area (Å²) in [4.78, 5) is 28.9. The van der Waals surface area contributed by atoms with Gasteiger partial charge in [0.2, 0.25) is 11.8 Å². The molecule has 42 heavy (non-hydrogen) atoms. The minimum atomic E-state index is -4.23. The summed E-state index contributed by atoms with van der Waals surface area (Å²) < 4.78 is 34.9. The van der Waals surface area contributed by atoms with E-state index >= 15 is 0 Å². The zero-order chi connectivity index (χ0) is 30.1. The average molecular weight is 612 g/mol. The van der Waals surface area contributed by atoms with Crippen molar-refractivity contribution in [1.29, 1.82) is 0 Å². The number of nitrogens with one attached hydrogen (secondary N) is 1. The molecular formula is C32H38ClN3O5S. The van der Waals surface area contributed by atoms with Crippen LogP contribution in [-0.4, -0.2) is 56.9 Å². The van der Waals surface area contributed by atoms with Crippen molar-refractivity contribution in [2.24, 2.45) is 0 Å². The smallest absolute Gasteiger partial charge is 0.264 e. The quantitative estimate of drug-likeness (QED) is 0.277. The first kappa shape index (κ1) is 31.4. The molecule has 4 rings (SSSR count). The van der Waals surface area contributed by atoms with Crippen LogP contribution in [-0.2, 0) is 26.0 Å². The molecule has 8 nitrogen and oxygen atoms in total. The molecule has 0 aromatic heterocycles. The predicted molar refractivity (Wildman–Crippen MR) is 165 cm³/mol. The molecule has 0 saturated heterocycles. The molecule has 10 heteroatoms. The summed E-state index contributed by atoms with van der Waals surface area (Å²) >= 11 is 6.03. The van der Waals surface area contributed by atoms with Crippen molar-refractivity contribution < 1.29 is 22.7 Å². The van der Waals surface area contributed by atoms with Crippen LogP contribution in [0.5, 0.6) is 5.75 Å². The van der Waals surface area contributed by atoms with Gasteiger partial charge in [0.05, 0.1) is 17.2 Å². The number of sulfonamides is 1. The summed E-state index contributed by atoms with van der Waals surface area (Å²) in [7, 11) is -4.23. The van der Waals surface area contributed by atoms with Crippen LogP contribution < -0.4 is 14.4 Å². The first-order chi connectivity index (χ1) is 20.2. The van der Waals surface area contributed by atoms with Gasteiger partial charge in [0.1, 0.15) is 18.3 Å². The van der Waals surface area contributed by atoms with Gasteiger partial charge in [0, 0.05) is 17.6 Å². The maximum absolute atomic E-state index is 14.1. The van der Waals surface area contributed by atoms with E-state index in [1.54, 1.807) is 38.1 Å². The minimum Gasteiger partial charge on any atom is -0.492 e. The Bertz CT molecular complexity index is 1440. The van der Waals surface area contributed by atoms with Gasteiger partial charge in [-0.1, -0.05) is 66.9 Å². The SMILES string of the molecule is CCOc1ccccc1N(CC(=O)N(CCc1ccccc1)[C@@H](C)C(=O)NC1CCCC1)S(=O)(=O)c1ccc(Cl)cc1. The average Bonchev–Trinajstić information content (AvgIpc) is 3.50. The van der Waals surface area contributed by atoms with Crippen LogP contribution in [0.3, 0.4) is 0 Å². The van der Waals surface area contributed by atoms with Gasteiger partial charge >= 0.3 is 0 Å². The van der Waals surface area contributed by atoms with Crippen LogP contribution in [0.1, 0.15) is 45.1 Å². The second kappa shape index (κ2) is 14.6. The van der Waals surface area contributed by atoms with E-state index in [1.807, 2.05) is 30.3 Å². The zero-order valence-corrected chi connectivity index (χ0v) is 25.6. The number of carbonyl (C=O) groups excluding carboxylic acids is 2. The largest absolute Gasteiger partial charge is 0.492 e. The van der Waals surface area contributed by atoms with Crippen LogP contribution in [0.25, 0.3) is 0 Å². The van der Waals surface area contributed by atoms with Crippen molar-refractivity contribution >= 4 is 39.1 Å². The Balaban J connectivity index is 1.68. The van der Waals surface area contributed by atoms with Gasteiger partial charge in [-0.2, -0.15) is 0 Å². The molecule has 3 aromatic carbocycles. The van der Waals surface area contributed by atoms with Crippen LogP contribution in [0.4, 0.5) is 5.69 Å². The van der Waals surface area contributed by atoms with Gasteiger partial charge in [-0.3, -0.25) is 13.9 Å². The molecule has 1 saturated carbocycles. The normalized spacial score (nSPS) is 14.3. The van der Waals surface area contributed by atoms with E-state index in [1.165, 1.54) is 29.2 Å². The number of benzene rings is 3. The fourth-order valence-electron chi connectivity index (χ4n) is 5.15. The van der Waals surface area contributed by atoms with Crippen LogP contribution >= 0.6 is 11.6 Å². The number of amides is 2. The molecule has 0 radical (unpaired) electrons. The number of ether oxygens (including phenoxy) is 1. The molecule has 0 spiro atoms.